The molecule has 0 aromatic heterocycles. The number of nitro groups is 1. The number of amides is 1. The Bertz CT molecular complexity index is 808. The second-order valence-electron chi connectivity index (χ2n) is 5.11. The van der Waals surface area contributed by atoms with E-state index in [1.54, 1.807) is 30.3 Å². The van der Waals surface area contributed by atoms with E-state index in [0.717, 1.165) is 6.07 Å². The van der Waals surface area contributed by atoms with Crippen molar-refractivity contribution in [2.75, 3.05) is 19.0 Å². The van der Waals surface area contributed by atoms with Crippen LogP contribution in [0.1, 0.15) is 11.7 Å². The number of methoxy groups -OCH3 is 1. The van der Waals surface area contributed by atoms with Crippen LogP contribution in [0.25, 0.3) is 0 Å². The number of rotatable bonds is 7. The number of hydrogen-bond acceptors (Lipinski definition) is 7. The molecule has 0 heterocycles. The zero-order valence-electron chi connectivity index (χ0n) is 13.7. The van der Waals surface area contributed by atoms with Gasteiger partial charge in [-0.25, -0.2) is 4.79 Å². The summed E-state index contributed by atoms with van der Waals surface area (Å²) in [7, 11) is 1.34. The fourth-order valence-corrected chi connectivity index (χ4v) is 2.08. The van der Waals surface area contributed by atoms with Gasteiger partial charge in [0, 0.05) is 12.1 Å². The van der Waals surface area contributed by atoms with Crippen LogP contribution in [0, 0.1) is 10.1 Å². The number of nitro benzene ring substituents is 1. The minimum absolute atomic E-state index is 0.0614. The van der Waals surface area contributed by atoms with Gasteiger partial charge in [0.05, 0.1) is 17.7 Å². The van der Waals surface area contributed by atoms with Crippen LogP contribution in [-0.2, 0) is 14.3 Å². The predicted octanol–water partition coefficient (Wildman–Crippen LogP) is 1.82. The number of non-ortho nitro benzene ring substituents is 1. The van der Waals surface area contributed by atoms with Crippen LogP contribution in [0.3, 0.4) is 0 Å². The van der Waals surface area contributed by atoms with Gasteiger partial charge < -0.3 is 19.9 Å². The molecule has 9 nitrogen and oxygen atoms in total. The predicted molar refractivity (Wildman–Crippen MR) is 90.6 cm³/mol. The Balaban J connectivity index is 1.97. The van der Waals surface area contributed by atoms with Crippen molar-refractivity contribution in [3.63, 3.8) is 0 Å². The number of anilines is 1. The highest BCUT2D eigenvalue weighted by atomic mass is 16.6. The molecule has 2 aromatic carbocycles. The number of nitrogens with zero attached hydrogens (tertiary/aromatic N) is 1. The largest absolute Gasteiger partial charge is 0.495 e. The summed E-state index contributed by atoms with van der Waals surface area (Å²) in [5.41, 5.74) is 0.155. The molecule has 2 aromatic rings. The average Bonchev–Trinajstić information content (AvgIpc) is 2.66. The summed E-state index contributed by atoms with van der Waals surface area (Å²) < 4.78 is 9.79. The molecular formula is C17H16N2O7. The van der Waals surface area contributed by atoms with Crippen LogP contribution in [-0.4, -0.2) is 35.6 Å². The molecule has 2 N–H and O–H groups in total. The molecule has 1 amide bonds. The lowest BCUT2D eigenvalue weighted by Gasteiger charge is -2.12. The van der Waals surface area contributed by atoms with Crippen molar-refractivity contribution in [2.45, 2.75) is 6.10 Å². The molecule has 26 heavy (non-hydrogen) atoms. The van der Waals surface area contributed by atoms with Gasteiger partial charge in [-0.15, -0.1) is 0 Å². The minimum atomic E-state index is -1.52. The molecule has 0 aliphatic rings. The number of aliphatic hydroxyl groups excluding tert-OH is 1. The summed E-state index contributed by atoms with van der Waals surface area (Å²) in [6, 6.07) is 11.8. The number of aliphatic hydroxyl groups is 1. The monoisotopic (exact) mass is 360 g/mol. The molecular weight excluding hydrogens is 344 g/mol. The topological polar surface area (TPSA) is 128 Å². The van der Waals surface area contributed by atoms with Crippen molar-refractivity contribution in [1.82, 2.24) is 0 Å². The van der Waals surface area contributed by atoms with Crippen molar-refractivity contribution >= 4 is 23.3 Å². The van der Waals surface area contributed by atoms with Crippen molar-refractivity contribution in [3.05, 3.63) is 64.2 Å². The first-order valence-electron chi connectivity index (χ1n) is 7.44. The SMILES string of the molecule is COc1ccc([N+](=O)[O-])cc1NC(=O)COC(=O)[C@@H](O)c1ccccc1. The minimum Gasteiger partial charge on any atom is -0.495 e. The first kappa shape index (κ1) is 18.9. The van der Waals surface area contributed by atoms with Gasteiger partial charge in [-0.3, -0.25) is 14.9 Å². The molecule has 2 rings (SSSR count). The fourth-order valence-electron chi connectivity index (χ4n) is 2.08. The van der Waals surface area contributed by atoms with E-state index in [1.807, 2.05) is 0 Å². The van der Waals surface area contributed by atoms with Crippen LogP contribution in [0.15, 0.2) is 48.5 Å². The van der Waals surface area contributed by atoms with E-state index in [-0.39, 0.29) is 17.1 Å². The number of nitrogens with one attached hydrogen (secondary N) is 1. The van der Waals surface area contributed by atoms with E-state index in [1.165, 1.54) is 19.2 Å². The van der Waals surface area contributed by atoms with Gasteiger partial charge in [-0.2, -0.15) is 0 Å². The van der Waals surface area contributed by atoms with Gasteiger partial charge in [-0.05, 0) is 11.6 Å². The zero-order valence-corrected chi connectivity index (χ0v) is 13.7. The van der Waals surface area contributed by atoms with Crippen LogP contribution >= 0.6 is 0 Å². The van der Waals surface area contributed by atoms with E-state index in [9.17, 15) is 24.8 Å². The standard InChI is InChI=1S/C17H16N2O7/c1-25-14-8-7-12(19(23)24)9-13(14)18-15(20)10-26-17(22)16(21)11-5-3-2-4-6-11/h2-9,16,21H,10H2,1H3,(H,18,20)/t16-/m0/s1. The fraction of sp³-hybridized carbons (Fsp3) is 0.176. The van der Waals surface area contributed by atoms with E-state index in [4.69, 9.17) is 9.47 Å². The highest BCUT2D eigenvalue weighted by molar-refractivity contribution is 5.94. The molecule has 0 aliphatic heterocycles. The lowest BCUT2D eigenvalue weighted by atomic mass is 10.1. The molecule has 0 saturated heterocycles. The molecule has 0 unspecified atom stereocenters. The Kier molecular flexibility index (Phi) is 6.23. The Morgan fingerprint density at radius 3 is 2.54 bits per heavy atom. The molecule has 9 heteroatoms. The highest BCUT2D eigenvalue weighted by Gasteiger charge is 2.20. The Hall–Kier alpha value is -3.46. The van der Waals surface area contributed by atoms with E-state index >= 15 is 0 Å². The van der Waals surface area contributed by atoms with Gasteiger partial charge in [0.2, 0.25) is 0 Å². The van der Waals surface area contributed by atoms with Gasteiger partial charge in [0.1, 0.15) is 5.75 Å². The normalized spacial score (nSPS) is 11.3. The summed E-state index contributed by atoms with van der Waals surface area (Å²) in [6.07, 6.45) is -1.52. The quantitative estimate of drug-likeness (QED) is 0.438. The summed E-state index contributed by atoms with van der Waals surface area (Å²) in [5, 5.41) is 23.1. The summed E-state index contributed by atoms with van der Waals surface area (Å²) in [6.45, 7) is -0.672. The molecule has 0 bridgehead atoms. The Morgan fingerprint density at radius 2 is 1.92 bits per heavy atom. The number of carbonyl (C=O) groups is 2. The number of esters is 1. The molecule has 0 fully saturated rings. The van der Waals surface area contributed by atoms with Gasteiger partial charge in [0.25, 0.3) is 11.6 Å². The first-order valence-corrected chi connectivity index (χ1v) is 7.44. The number of ether oxygens (including phenoxy) is 2. The molecule has 136 valence electrons. The van der Waals surface area contributed by atoms with E-state index in [2.05, 4.69) is 5.32 Å². The Morgan fingerprint density at radius 1 is 1.23 bits per heavy atom. The third-order valence-corrected chi connectivity index (χ3v) is 3.35. The third kappa shape index (κ3) is 4.77. The second kappa shape index (κ2) is 8.58. The molecule has 0 aliphatic carbocycles. The zero-order chi connectivity index (χ0) is 19.1. The van der Waals surface area contributed by atoms with E-state index < -0.39 is 29.5 Å². The van der Waals surface area contributed by atoms with Crippen LogP contribution in [0.2, 0.25) is 0 Å². The van der Waals surface area contributed by atoms with E-state index in [0.29, 0.717) is 5.56 Å². The smallest absolute Gasteiger partial charge is 0.340 e. The summed E-state index contributed by atoms with van der Waals surface area (Å²) >= 11 is 0. The lowest BCUT2D eigenvalue weighted by molar-refractivity contribution is -0.384. The second-order valence-corrected chi connectivity index (χ2v) is 5.11. The van der Waals surface area contributed by atoms with Crippen molar-refractivity contribution in [2.24, 2.45) is 0 Å². The van der Waals surface area contributed by atoms with Gasteiger partial charge >= 0.3 is 5.97 Å². The Labute approximate surface area is 148 Å². The van der Waals surface area contributed by atoms with Gasteiger partial charge in [-0.1, -0.05) is 30.3 Å². The van der Waals surface area contributed by atoms with Crippen LogP contribution in [0.5, 0.6) is 5.75 Å². The average molecular weight is 360 g/mol. The number of hydrogen-bond donors (Lipinski definition) is 2. The number of carbonyl (C=O) groups excluding carboxylic acids is 2. The van der Waals surface area contributed by atoms with Crippen molar-refractivity contribution in [1.29, 1.82) is 0 Å². The molecule has 0 spiro atoms. The molecule has 0 saturated carbocycles. The lowest BCUT2D eigenvalue weighted by Crippen LogP contribution is -2.24. The maximum atomic E-state index is 11.9. The maximum absolute atomic E-state index is 11.9. The number of benzene rings is 2. The summed E-state index contributed by atoms with van der Waals surface area (Å²) in [5.74, 6) is -1.52. The maximum Gasteiger partial charge on any atom is 0.340 e. The van der Waals surface area contributed by atoms with Crippen molar-refractivity contribution < 1.29 is 29.1 Å². The first-order chi connectivity index (χ1) is 12.4. The van der Waals surface area contributed by atoms with Gasteiger partial charge in [0.15, 0.2) is 12.7 Å². The summed E-state index contributed by atoms with van der Waals surface area (Å²) in [4.78, 5) is 33.9. The highest BCUT2D eigenvalue weighted by Crippen LogP contribution is 2.28. The third-order valence-electron chi connectivity index (χ3n) is 3.35. The molecule has 1 atom stereocenters. The van der Waals surface area contributed by atoms with Crippen molar-refractivity contribution in [3.8, 4) is 5.75 Å². The van der Waals surface area contributed by atoms with Crippen LogP contribution in [0.4, 0.5) is 11.4 Å². The molecule has 0 radical (unpaired) electrons. The van der Waals surface area contributed by atoms with Crippen LogP contribution < -0.4 is 10.1 Å².